The van der Waals surface area contributed by atoms with Crippen LogP contribution < -0.4 is 11.1 Å². The Bertz CT molecular complexity index is 309. The highest BCUT2D eigenvalue weighted by atomic mass is 16.1. The maximum absolute atomic E-state index is 11.7. The lowest BCUT2D eigenvalue weighted by Crippen LogP contribution is -2.56. The van der Waals surface area contributed by atoms with Crippen molar-refractivity contribution >= 4 is 5.91 Å². The third kappa shape index (κ3) is 4.74. The van der Waals surface area contributed by atoms with E-state index >= 15 is 0 Å². The average molecular weight is 283 g/mol. The van der Waals surface area contributed by atoms with Crippen LogP contribution in [0.5, 0.6) is 0 Å². The van der Waals surface area contributed by atoms with Crippen molar-refractivity contribution in [3.63, 3.8) is 0 Å². The topological polar surface area (TPSA) is 58.4 Å². The van der Waals surface area contributed by atoms with Crippen LogP contribution in [0.25, 0.3) is 0 Å². The van der Waals surface area contributed by atoms with Crippen molar-refractivity contribution in [1.82, 2.24) is 10.2 Å². The number of nitrogens with one attached hydrogen (secondary N) is 1. The van der Waals surface area contributed by atoms with E-state index < -0.39 is 5.54 Å². The number of amides is 1. The van der Waals surface area contributed by atoms with Crippen molar-refractivity contribution in [2.45, 2.75) is 90.4 Å². The molecule has 1 saturated heterocycles. The van der Waals surface area contributed by atoms with Crippen molar-refractivity contribution < 1.29 is 4.79 Å². The van der Waals surface area contributed by atoms with E-state index in [-0.39, 0.29) is 11.9 Å². The standard InChI is InChI=1S/C16H33N3O/c1-12(2)18-16(5,15(17)20)10-7-11-19-13(3)8-6-9-14(19)4/h12-14,18H,6-11H2,1-5H3,(H2,17,20)/t13-,14+,16?. The molecule has 1 aliphatic heterocycles. The number of primary amides is 1. The minimum atomic E-state index is -0.587. The van der Waals surface area contributed by atoms with Gasteiger partial charge < -0.3 is 11.1 Å². The van der Waals surface area contributed by atoms with Crippen molar-refractivity contribution in [2.24, 2.45) is 5.73 Å². The van der Waals surface area contributed by atoms with Gasteiger partial charge in [0.1, 0.15) is 0 Å². The highest BCUT2D eigenvalue weighted by Gasteiger charge is 2.32. The molecule has 0 aliphatic carbocycles. The first kappa shape index (κ1) is 17.4. The summed E-state index contributed by atoms with van der Waals surface area (Å²) in [7, 11) is 0. The molecule has 0 spiro atoms. The van der Waals surface area contributed by atoms with Gasteiger partial charge in [-0.25, -0.2) is 0 Å². The van der Waals surface area contributed by atoms with Gasteiger partial charge in [0.15, 0.2) is 0 Å². The minimum absolute atomic E-state index is 0.244. The van der Waals surface area contributed by atoms with Gasteiger partial charge in [-0.05, 0) is 66.8 Å². The molecule has 0 saturated carbocycles. The van der Waals surface area contributed by atoms with Crippen LogP contribution in [0.3, 0.4) is 0 Å². The van der Waals surface area contributed by atoms with E-state index in [0.717, 1.165) is 19.4 Å². The number of nitrogens with two attached hydrogens (primary N) is 1. The summed E-state index contributed by atoms with van der Waals surface area (Å²) in [4.78, 5) is 14.3. The molecule has 1 heterocycles. The molecule has 1 rings (SSSR count). The van der Waals surface area contributed by atoms with Crippen LogP contribution in [0.1, 0.15) is 66.7 Å². The highest BCUT2D eigenvalue weighted by molar-refractivity contribution is 5.84. The molecule has 3 atom stereocenters. The summed E-state index contributed by atoms with van der Waals surface area (Å²) in [6.45, 7) is 11.7. The van der Waals surface area contributed by atoms with E-state index in [1.165, 1.54) is 19.3 Å². The van der Waals surface area contributed by atoms with Gasteiger partial charge in [-0.15, -0.1) is 0 Å². The van der Waals surface area contributed by atoms with Gasteiger partial charge >= 0.3 is 0 Å². The van der Waals surface area contributed by atoms with Crippen LogP contribution >= 0.6 is 0 Å². The first-order valence-electron chi connectivity index (χ1n) is 8.09. The molecule has 3 N–H and O–H groups in total. The Morgan fingerprint density at radius 2 is 1.90 bits per heavy atom. The van der Waals surface area contributed by atoms with Gasteiger partial charge in [-0.2, -0.15) is 0 Å². The van der Waals surface area contributed by atoms with Crippen molar-refractivity contribution in [1.29, 1.82) is 0 Å². The second-order valence-corrected chi connectivity index (χ2v) is 6.97. The summed E-state index contributed by atoms with van der Waals surface area (Å²) in [5.74, 6) is -0.244. The fourth-order valence-electron chi connectivity index (χ4n) is 3.43. The fraction of sp³-hybridized carbons (Fsp3) is 0.938. The van der Waals surface area contributed by atoms with Crippen molar-refractivity contribution in [3.8, 4) is 0 Å². The SMILES string of the molecule is CC(C)NC(C)(CCCN1[C@H](C)CCC[C@@H]1C)C(N)=O. The third-order valence-electron chi connectivity index (χ3n) is 4.62. The zero-order chi connectivity index (χ0) is 15.3. The number of likely N-dealkylation sites (tertiary alicyclic amines) is 1. The Hall–Kier alpha value is -0.610. The van der Waals surface area contributed by atoms with Crippen LogP contribution in [-0.4, -0.2) is 41.0 Å². The van der Waals surface area contributed by atoms with Gasteiger partial charge in [0.25, 0.3) is 0 Å². The first-order valence-corrected chi connectivity index (χ1v) is 8.09. The Balaban J connectivity index is 2.49. The number of carbonyl (C=O) groups excluding carboxylic acids is 1. The first-order chi connectivity index (χ1) is 9.26. The van der Waals surface area contributed by atoms with Crippen LogP contribution in [0.15, 0.2) is 0 Å². The predicted molar refractivity (Wildman–Crippen MR) is 84.6 cm³/mol. The summed E-state index contributed by atoms with van der Waals surface area (Å²) in [5.41, 5.74) is 4.99. The Morgan fingerprint density at radius 1 is 1.35 bits per heavy atom. The molecule has 20 heavy (non-hydrogen) atoms. The minimum Gasteiger partial charge on any atom is -0.368 e. The summed E-state index contributed by atoms with van der Waals surface area (Å²) in [5, 5.41) is 3.32. The smallest absolute Gasteiger partial charge is 0.237 e. The second kappa shape index (κ2) is 7.41. The van der Waals surface area contributed by atoms with E-state index in [1.807, 2.05) is 6.92 Å². The average Bonchev–Trinajstić information content (AvgIpc) is 2.32. The molecule has 0 aromatic heterocycles. The van der Waals surface area contributed by atoms with E-state index in [4.69, 9.17) is 5.73 Å². The molecule has 0 radical (unpaired) electrons. The summed E-state index contributed by atoms with van der Waals surface area (Å²) in [6, 6.07) is 1.59. The van der Waals surface area contributed by atoms with Gasteiger partial charge in [0.2, 0.25) is 5.91 Å². The number of carbonyl (C=O) groups is 1. The largest absolute Gasteiger partial charge is 0.368 e. The monoisotopic (exact) mass is 283 g/mol. The van der Waals surface area contributed by atoms with Gasteiger partial charge in [0.05, 0.1) is 5.54 Å². The molecule has 118 valence electrons. The van der Waals surface area contributed by atoms with Gasteiger partial charge in [-0.1, -0.05) is 6.42 Å². The van der Waals surface area contributed by atoms with Crippen molar-refractivity contribution in [3.05, 3.63) is 0 Å². The number of hydrogen-bond donors (Lipinski definition) is 2. The highest BCUT2D eigenvalue weighted by Crippen LogP contribution is 2.23. The zero-order valence-electron chi connectivity index (χ0n) is 13.9. The van der Waals surface area contributed by atoms with Crippen LogP contribution in [0.4, 0.5) is 0 Å². The van der Waals surface area contributed by atoms with Crippen LogP contribution in [-0.2, 0) is 4.79 Å². The molecule has 1 aliphatic rings. The molecule has 0 aromatic carbocycles. The summed E-state index contributed by atoms with van der Waals surface area (Å²) < 4.78 is 0. The molecule has 0 aromatic rings. The molecule has 0 bridgehead atoms. The Morgan fingerprint density at radius 3 is 2.35 bits per heavy atom. The van der Waals surface area contributed by atoms with E-state index in [0.29, 0.717) is 12.1 Å². The predicted octanol–water partition coefficient (Wildman–Crippen LogP) is 2.27. The van der Waals surface area contributed by atoms with Gasteiger partial charge in [0, 0.05) is 18.1 Å². The quantitative estimate of drug-likeness (QED) is 0.753. The molecule has 4 heteroatoms. The fourth-order valence-corrected chi connectivity index (χ4v) is 3.43. The normalized spacial score (nSPS) is 27.5. The molecule has 1 fully saturated rings. The van der Waals surface area contributed by atoms with Gasteiger partial charge in [-0.3, -0.25) is 9.69 Å². The summed E-state index contributed by atoms with van der Waals surface area (Å²) in [6.07, 6.45) is 5.74. The Kier molecular flexibility index (Phi) is 6.46. The van der Waals surface area contributed by atoms with Crippen LogP contribution in [0, 0.1) is 0 Å². The molecular formula is C16H33N3O. The maximum atomic E-state index is 11.7. The van der Waals surface area contributed by atoms with Crippen LogP contribution in [0.2, 0.25) is 0 Å². The molecule has 4 nitrogen and oxygen atoms in total. The molecule has 1 amide bonds. The van der Waals surface area contributed by atoms with E-state index in [2.05, 4.69) is 37.9 Å². The lowest BCUT2D eigenvalue weighted by atomic mass is 9.92. The number of piperidine rings is 1. The third-order valence-corrected chi connectivity index (χ3v) is 4.62. The number of rotatable bonds is 7. The lowest BCUT2D eigenvalue weighted by Gasteiger charge is -2.39. The van der Waals surface area contributed by atoms with E-state index in [1.54, 1.807) is 0 Å². The maximum Gasteiger partial charge on any atom is 0.237 e. The number of nitrogens with zero attached hydrogens (tertiary/aromatic N) is 1. The molecule has 1 unspecified atom stereocenters. The molecular weight excluding hydrogens is 250 g/mol. The Labute approximate surface area is 124 Å². The lowest BCUT2D eigenvalue weighted by molar-refractivity contribution is -0.124. The summed E-state index contributed by atoms with van der Waals surface area (Å²) >= 11 is 0. The van der Waals surface area contributed by atoms with E-state index in [9.17, 15) is 4.79 Å². The second-order valence-electron chi connectivity index (χ2n) is 6.97. The van der Waals surface area contributed by atoms with Crippen molar-refractivity contribution in [2.75, 3.05) is 6.54 Å². The zero-order valence-corrected chi connectivity index (χ0v) is 13.9. The number of hydrogen-bond acceptors (Lipinski definition) is 3.